The molecule has 3 aromatic carbocycles. The number of nitrogens with one attached hydrogen (secondary N) is 1. The van der Waals surface area contributed by atoms with Gasteiger partial charge >= 0.3 is 0 Å². The number of carbonyl (C=O) groups excluding carboxylic acids is 1. The van der Waals surface area contributed by atoms with Gasteiger partial charge in [0.25, 0.3) is 0 Å². The van der Waals surface area contributed by atoms with E-state index in [0.29, 0.717) is 12.1 Å². The van der Waals surface area contributed by atoms with Crippen LogP contribution in [0.5, 0.6) is 0 Å². The largest absolute Gasteiger partial charge is 0.399 e. The molecule has 0 aromatic heterocycles. The van der Waals surface area contributed by atoms with Gasteiger partial charge in [-0.05, 0) is 60.7 Å². The topological polar surface area (TPSA) is 67.5 Å². The van der Waals surface area contributed by atoms with Crippen LogP contribution in [0.25, 0.3) is 0 Å². The lowest BCUT2D eigenvalue weighted by molar-refractivity contribution is -0.117. The molecule has 4 heteroatoms. The van der Waals surface area contributed by atoms with E-state index < -0.39 is 6.04 Å². The fourth-order valence-electron chi connectivity index (χ4n) is 4.18. The molecule has 158 valence electrons. The number of benzodiazepines with no additional fused rings is 1. The van der Waals surface area contributed by atoms with Gasteiger partial charge in [0.15, 0.2) is 0 Å². The summed E-state index contributed by atoms with van der Waals surface area (Å²) in [6.45, 7) is 6.40. The van der Waals surface area contributed by atoms with Crippen LogP contribution in [0, 0.1) is 6.92 Å². The van der Waals surface area contributed by atoms with Crippen molar-refractivity contribution in [3.63, 3.8) is 0 Å². The number of nitrogens with zero attached hydrogens (tertiary/aromatic N) is 1. The lowest BCUT2D eigenvalue weighted by Gasteiger charge is -2.14. The molecule has 0 saturated carbocycles. The monoisotopic (exact) mass is 411 g/mol. The van der Waals surface area contributed by atoms with Crippen molar-refractivity contribution in [2.24, 2.45) is 4.99 Å². The average Bonchev–Trinajstić information content (AvgIpc) is 2.90. The summed E-state index contributed by atoms with van der Waals surface area (Å²) >= 11 is 0. The zero-order valence-corrected chi connectivity index (χ0v) is 18.4. The normalized spacial score (nSPS) is 15.6. The van der Waals surface area contributed by atoms with Crippen LogP contribution in [-0.2, 0) is 24.1 Å². The number of benzene rings is 3. The highest BCUT2D eigenvalue weighted by molar-refractivity contribution is 6.19. The molecule has 3 N–H and O–H groups in total. The van der Waals surface area contributed by atoms with Crippen LogP contribution in [0.1, 0.15) is 47.2 Å². The van der Waals surface area contributed by atoms with Crippen molar-refractivity contribution in [3.8, 4) is 0 Å². The van der Waals surface area contributed by atoms with Gasteiger partial charge in [-0.25, -0.2) is 0 Å². The second-order valence-electron chi connectivity index (χ2n) is 8.17. The summed E-state index contributed by atoms with van der Waals surface area (Å²) in [5, 5.41) is 3.10. The number of rotatable bonds is 5. The number of anilines is 2. The molecular weight excluding hydrogens is 382 g/mol. The van der Waals surface area contributed by atoms with Gasteiger partial charge in [0.05, 0.1) is 11.4 Å². The van der Waals surface area contributed by atoms with Crippen LogP contribution in [-0.4, -0.2) is 17.7 Å². The Morgan fingerprint density at radius 3 is 2.39 bits per heavy atom. The van der Waals surface area contributed by atoms with E-state index in [9.17, 15) is 4.79 Å². The molecule has 3 aromatic rings. The van der Waals surface area contributed by atoms with Crippen molar-refractivity contribution in [3.05, 3.63) is 94.0 Å². The summed E-state index contributed by atoms with van der Waals surface area (Å²) in [6, 6.07) is 19.8. The maximum Gasteiger partial charge on any atom is 0.249 e. The predicted octanol–water partition coefficient (Wildman–Crippen LogP) is 5.10. The predicted molar refractivity (Wildman–Crippen MR) is 129 cm³/mol. The molecule has 1 aliphatic heterocycles. The summed E-state index contributed by atoms with van der Waals surface area (Å²) in [6.07, 6.45) is 2.56. The van der Waals surface area contributed by atoms with Gasteiger partial charge in [0.2, 0.25) is 5.91 Å². The van der Waals surface area contributed by atoms with Gasteiger partial charge < -0.3 is 11.1 Å². The Hall–Kier alpha value is -3.40. The van der Waals surface area contributed by atoms with Crippen molar-refractivity contribution in [1.29, 1.82) is 0 Å². The minimum absolute atomic E-state index is 0.0758. The summed E-state index contributed by atoms with van der Waals surface area (Å²) < 4.78 is 0. The third kappa shape index (κ3) is 4.38. The molecule has 0 bridgehead atoms. The molecule has 0 aliphatic carbocycles. The van der Waals surface area contributed by atoms with Gasteiger partial charge in [-0.15, -0.1) is 0 Å². The molecule has 1 heterocycles. The third-order valence-corrected chi connectivity index (χ3v) is 5.92. The van der Waals surface area contributed by atoms with Crippen molar-refractivity contribution in [2.45, 2.75) is 46.1 Å². The highest BCUT2D eigenvalue weighted by atomic mass is 16.2. The van der Waals surface area contributed by atoms with E-state index in [4.69, 9.17) is 10.7 Å². The van der Waals surface area contributed by atoms with Crippen molar-refractivity contribution in [1.82, 2.24) is 0 Å². The minimum Gasteiger partial charge on any atom is -0.399 e. The first-order valence-corrected chi connectivity index (χ1v) is 10.9. The second-order valence-corrected chi connectivity index (χ2v) is 8.17. The molecule has 1 unspecified atom stereocenters. The lowest BCUT2D eigenvalue weighted by Crippen LogP contribution is -2.27. The van der Waals surface area contributed by atoms with Crippen molar-refractivity contribution in [2.75, 3.05) is 11.1 Å². The highest BCUT2D eigenvalue weighted by Crippen LogP contribution is 2.27. The van der Waals surface area contributed by atoms with Crippen molar-refractivity contribution >= 4 is 23.0 Å². The van der Waals surface area contributed by atoms with Crippen LogP contribution in [0.2, 0.25) is 0 Å². The Labute approximate surface area is 184 Å². The van der Waals surface area contributed by atoms with Gasteiger partial charge in [-0.1, -0.05) is 55.8 Å². The zero-order chi connectivity index (χ0) is 22.0. The maximum atomic E-state index is 13.1. The summed E-state index contributed by atoms with van der Waals surface area (Å²) in [5.74, 6) is -0.0758. The van der Waals surface area contributed by atoms with Crippen LogP contribution >= 0.6 is 0 Å². The van der Waals surface area contributed by atoms with E-state index in [0.717, 1.165) is 46.5 Å². The molecule has 31 heavy (non-hydrogen) atoms. The van der Waals surface area contributed by atoms with E-state index in [1.54, 1.807) is 0 Å². The molecule has 1 atom stereocenters. The number of carbonyl (C=O) groups is 1. The molecule has 1 aliphatic rings. The van der Waals surface area contributed by atoms with Crippen LogP contribution in [0.3, 0.4) is 0 Å². The number of fused-ring (bicyclic) bond motifs is 1. The second kappa shape index (κ2) is 8.76. The molecule has 0 radical (unpaired) electrons. The Balaban J connectivity index is 1.78. The third-order valence-electron chi connectivity index (χ3n) is 5.92. The van der Waals surface area contributed by atoms with E-state index >= 15 is 0 Å². The van der Waals surface area contributed by atoms with Gasteiger partial charge in [0, 0.05) is 23.2 Å². The summed E-state index contributed by atoms with van der Waals surface area (Å²) in [4.78, 5) is 18.1. The number of aryl methyl sites for hydroxylation is 3. The van der Waals surface area contributed by atoms with Gasteiger partial charge in [-0.2, -0.15) is 0 Å². The van der Waals surface area contributed by atoms with E-state index in [1.807, 2.05) is 43.3 Å². The Kier molecular flexibility index (Phi) is 5.90. The average molecular weight is 412 g/mol. The Morgan fingerprint density at radius 2 is 1.68 bits per heavy atom. The number of nitrogens with two attached hydrogens (primary N) is 1. The van der Waals surface area contributed by atoms with Crippen LogP contribution in [0.15, 0.2) is 65.7 Å². The summed E-state index contributed by atoms with van der Waals surface area (Å²) in [7, 11) is 0. The molecular formula is C27H29N3O. The standard InChI is InChI=1S/C27H29N3O/c1-4-19-8-7-18(15-20(19)5-2)16-25-27(31)30-24-13-6-17(3)14-23(24)26(29-25)21-9-11-22(28)12-10-21/h6-15,25H,4-5,16,28H2,1-3H3,(H,30,31). The Bertz CT molecular complexity index is 1150. The molecule has 0 saturated heterocycles. The first-order valence-electron chi connectivity index (χ1n) is 10.9. The highest BCUT2D eigenvalue weighted by Gasteiger charge is 2.26. The number of nitrogen functional groups attached to an aromatic ring is 1. The SMILES string of the molecule is CCc1ccc(CC2N=C(c3ccc(N)cc3)c3cc(C)ccc3NC2=O)cc1CC. The first kappa shape index (κ1) is 20.9. The number of aliphatic imine (C=N–C) groups is 1. The first-order chi connectivity index (χ1) is 15.0. The molecule has 4 nitrogen and oxygen atoms in total. The molecule has 4 rings (SSSR count). The smallest absolute Gasteiger partial charge is 0.249 e. The van der Waals surface area contributed by atoms with Crippen LogP contribution < -0.4 is 11.1 Å². The van der Waals surface area contributed by atoms with Gasteiger partial charge in [0.1, 0.15) is 6.04 Å². The molecule has 0 fully saturated rings. The number of hydrogen-bond donors (Lipinski definition) is 2. The van der Waals surface area contributed by atoms with E-state index in [-0.39, 0.29) is 5.91 Å². The maximum absolute atomic E-state index is 13.1. The molecule has 0 spiro atoms. The van der Waals surface area contributed by atoms with E-state index in [1.165, 1.54) is 11.1 Å². The summed E-state index contributed by atoms with van der Waals surface area (Å²) in [5.41, 5.74) is 15.1. The quantitative estimate of drug-likeness (QED) is 0.573. The number of amides is 1. The zero-order valence-electron chi connectivity index (χ0n) is 18.4. The van der Waals surface area contributed by atoms with E-state index in [2.05, 4.69) is 43.4 Å². The van der Waals surface area contributed by atoms with Crippen LogP contribution in [0.4, 0.5) is 11.4 Å². The van der Waals surface area contributed by atoms with Crippen molar-refractivity contribution < 1.29 is 4.79 Å². The molecule has 1 amide bonds. The van der Waals surface area contributed by atoms with Gasteiger partial charge in [-0.3, -0.25) is 9.79 Å². The Morgan fingerprint density at radius 1 is 0.935 bits per heavy atom. The minimum atomic E-state index is -0.502. The fourth-order valence-corrected chi connectivity index (χ4v) is 4.18. The number of hydrogen-bond acceptors (Lipinski definition) is 3. The lowest BCUT2D eigenvalue weighted by atomic mass is 9.96. The fraction of sp³-hybridized carbons (Fsp3) is 0.259.